The first-order chi connectivity index (χ1) is 10.1. The summed E-state index contributed by atoms with van der Waals surface area (Å²) >= 11 is 1.55. The molecule has 0 bridgehead atoms. The molecule has 2 N–H and O–H groups in total. The lowest BCUT2D eigenvalue weighted by Gasteiger charge is -2.20. The second-order valence-corrected chi connectivity index (χ2v) is 5.86. The van der Waals surface area contributed by atoms with Crippen molar-refractivity contribution in [3.8, 4) is 5.75 Å². The Hall–Kier alpha value is -1.85. The summed E-state index contributed by atoms with van der Waals surface area (Å²) < 4.78 is 5.08. The van der Waals surface area contributed by atoms with Crippen LogP contribution in [0.5, 0.6) is 5.75 Å². The van der Waals surface area contributed by atoms with Crippen molar-refractivity contribution >= 4 is 17.2 Å². The highest BCUT2D eigenvalue weighted by Crippen LogP contribution is 2.20. The molecule has 0 aliphatic heterocycles. The van der Waals surface area contributed by atoms with Crippen LogP contribution in [0.1, 0.15) is 23.5 Å². The van der Waals surface area contributed by atoms with Gasteiger partial charge < -0.3 is 15.2 Å². The smallest absolute Gasteiger partial charge is 0.225 e. The fourth-order valence-corrected chi connectivity index (χ4v) is 2.75. The Morgan fingerprint density at radius 1 is 1.33 bits per heavy atom. The van der Waals surface area contributed by atoms with Gasteiger partial charge in [0.2, 0.25) is 5.91 Å². The topological polar surface area (TPSA) is 58.6 Å². The molecular weight excluding hydrogens is 286 g/mol. The van der Waals surface area contributed by atoms with E-state index in [0.717, 1.165) is 16.2 Å². The van der Waals surface area contributed by atoms with E-state index in [9.17, 15) is 9.90 Å². The Morgan fingerprint density at radius 3 is 2.62 bits per heavy atom. The average Bonchev–Trinajstić information content (AvgIpc) is 2.99. The SMILES string of the molecule is COc1ccc(C(O)C(C)NC(=O)Cc2cccs2)cc1. The van der Waals surface area contributed by atoms with Crippen LogP contribution in [0.15, 0.2) is 41.8 Å². The molecule has 1 amide bonds. The Bertz CT molecular complexity index is 566. The van der Waals surface area contributed by atoms with E-state index in [4.69, 9.17) is 4.74 Å². The molecule has 2 rings (SSSR count). The van der Waals surface area contributed by atoms with Crippen LogP contribution < -0.4 is 10.1 Å². The highest BCUT2D eigenvalue weighted by Gasteiger charge is 2.18. The number of rotatable bonds is 6. The van der Waals surface area contributed by atoms with Gasteiger partial charge >= 0.3 is 0 Å². The van der Waals surface area contributed by atoms with Gasteiger partial charge in [0.15, 0.2) is 0 Å². The predicted molar refractivity (Wildman–Crippen MR) is 83.6 cm³/mol. The highest BCUT2D eigenvalue weighted by atomic mass is 32.1. The summed E-state index contributed by atoms with van der Waals surface area (Å²) in [6.07, 6.45) is -0.402. The van der Waals surface area contributed by atoms with Crippen LogP contribution in [0, 0.1) is 0 Å². The van der Waals surface area contributed by atoms with Crippen LogP contribution in [0.25, 0.3) is 0 Å². The van der Waals surface area contributed by atoms with Crippen LogP contribution in [0.2, 0.25) is 0 Å². The molecule has 0 saturated carbocycles. The molecule has 4 nitrogen and oxygen atoms in total. The summed E-state index contributed by atoms with van der Waals surface area (Å²) in [6, 6.07) is 10.7. The Morgan fingerprint density at radius 2 is 2.05 bits per heavy atom. The molecule has 0 aliphatic carbocycles. The molecule has 0 aliphatic rings. The zero-order chi connectivity index (χ0) is 15.2. The zero-order valence-corrected chi connectivity index (χ0v) is 12.9. The molecule has 5 heteroatoms. The van der Waals surface area contributed by atoms with Gasteiger partial charge in [-0.25, -0.2) is 0 Å². The van der Waals surface area contributed by atoms with E-state index in [0.29, 0.717) is 6.42 Å². The standard InChI is InChI=1S/C16H19NO3S/c1-11(17-15(18)10-14-4-3-9-21-14)16(19)12-5-7-13(20-2)8-6-12/h3-9,11,16,19H,10H2,1-2H3,(H,17,18). The molecule has 1 aromatic heterocycles. The molecule has 0 radical (unpaired) electrons. The maximum Gasteiger partial charge on any atom is 0.225 e. The van der Waals surface area contributed by atoms with Crippen LogP contribution in [0.3, 0.4) is 0 Å². The van der Waals surface area contributed by atoms with Crippen LogP contribution in [-0.2, 0) is 11.2 Å². The Balaban J connectivity index is 1.91. The average molecular weight is 305 g/mol. The number of amides is 1. The Labute approximate surface area is 128 Å². The van der Waals surface area contributed by atoms with E-state index < -0.39 is 6.10 Å². The first-order valence-electron chi connectivity index (χ1n) is 6.74. The summed E-state index contributed by atoms with van der Waals surface area (Å²) in [5.74, 6) is 0.651. The molecule has 2 atom stereocenters. The monoisotopic (exact) mass is 305 g/mol. The summed E-state index contributed by atoms with van der Waals surface area (Å²) in [7, 11) is 1.60. The molecule has 1 heterocycles. The highest BCUT2D eigenvalue weighted by molar-refractivity contribution is 7.10. The second-order valence-electron chi connectivity index (χ2n) is 4.83. The van der Waals surface area contributed by atoms with Gasteiger partial charge in [-0.05, 0) is 36.1 Å². The lowest BCUT2D eigenvalue weighted by molar-refractivity contribution is -0.121. The predicted octanol–water partition coefficient (Wildman–Crippen LogP) is 2.54. The minimum absolute atomic E-state index is 0.0856. The van der Waals surface area contributed by atoms with Crippen molar-refractivity contribution in [1.29, 1.82) is 0 Å². The van der Waals surface area contributed by atoms with Crippen molar-refractivity contribution in [2.45, 2.75) is 25.5 Å². The number of thiophene rings is 1. The van der Waals surface area contributed by atoms with Crippen molar-refractivity contribution in [3.05, 3.63) is 52.2 Å². The number of hydrogen-bond acceptors (Lipinski definition) is 4. The molecule has 0 saturated heterocycles. The summed E-state index contributed by atoms with van der Waals surface area (Å²) in [5, 5.41) is 15.0. The van der Waals surface area contributed by atoms with Gasteiger partial charge in [-0.1, -0.05) is 18.2 Å². The number of carbonyl (C=O) groups excluding carboxylic acids is 1. The van der Waals surface area contributed by atoms with Gasteiger partial charge in [0.1, 0.15) is 5.75 Å². The molecule has 2 aromatic rings. The molecule has 1 aromatic carbocycles. The maximum atomic E-state index is 11.9. The second kappa shape index (κ2) is 7.24. The minimum Gasteiger partial charge on any atom is -0.497 e. The van der Waals surface area contributed by atoms with Gasteiger partial charge in [-0.15, -0.1) is 11.3 Å². The number of methoxy groups -OCH3 is 1. The van der Waals surface area contributed by atoms with Gasteiger partial charge in [-0.2, -0.15) is 0 Å². The third-order valence-electron chi connectivity index (χ3n) is 3.23. The number of aliphatic hydroxyl groups is 1. The minimum atomic E-state index is -0.747. The normalized spacial score (nSPS) is 13.5. The van der Waals surface area contributed by atoms with Crippen LogP contribution in [-0.4, -0.2) is 24.2 Å². The number of ether oxygens (including phenoxy) is 1. The van der Waals surface area contributed by atoms with Gasteiger partial charge in [0, 0.05) is 4.88 Å². The molecule has 112 valence electrons. The van der Waals surface area contributed by atoms with E-state index >= 15 is 0 Å². The van der Waals surface area contributed by atoms with E-state index in [1.165, 1.54) is 0 Å². The lowest BCUT2D eigenvalue weighted by atomic mass is 10.0. The van der Waals surface area contributed by atoms with Crippen LogP contribution >= 0.6 is 11.3 Å². The maximum absolute atomic E-state index is 11.9. The quantitative estimate of drug-likeness (QED) is 0.862. The summed E-state index contributed by atoms with van der Waals surface area (Å²) in [5.41, 5.74) is 0.750. The zero-order valence-electron chi connectivity index (χ0n) is 12.1. The molecule has 0 fully saturated rings. The fraction of sp³-hybridized carbons (Fsp3) is 0.312. The molecular formula is C16H19NO3S. The molecule has 2 unspecified atom stereocenters. The van der Waals surface area contributed by atoms with Crippen molar-refractivity contribution in [1.82, 2.24) is 5.32 Å². The number of hydrogen-bond donors (Lipinski definition) is 2. The van der Waals surface area contributed by atoms with E-state index in [-0.39, 0.29) is 11.9 Å². The van der Waals surface area contributed by atoms with Crippen molar-refractivity contribution in [2.24, 2.45) is 0 Å². The van der Waals surface area contributed by atoms with Gasteiger partial charge in [0.25, 0.3) is 0 Å². The third kappa shape index (κ3) is 4.31. The molecule has 0 spiro atoms. The number of aliphatic hydroxyl groups excluding tert-OH is 1. The van der Waals surface area contributed by atoms with E-state index in [2.05, 4.69) is 5.32 Å². The number of benzene rings is 1. The number of carbonyl (C=O) groups is 1. The lowest BCUT2D eigenvalue weighted by Crippen LogP contribution is -2.37. The molecule has 21 heavy (non-hydrogen) atoms. The fourth-order valence-electron chi connectivity index (χ4n) is 2.05. The first kappa shape index (κ1) is 15.5. The van der Waals surface area contributed by atoms with Crippen molar-refractivity contribution in [3.63, 3.8) is 0 Å². The summed E-state index contributed by atoms with van der Waals surface area (Å²) in [6.45, 7) is 1.79. The summed E-state index contributed by atoms with van der Waals surface area (Å²) in [4.78, 5) is 12.9. The van der Waals surface area contributed by atoms with E-state index in [1.54, 1.807) is 49.6 Å². The van der Waals surface area contributed by atoms with Gasteiger partial charge in [-0.3, -0.25) is 4.79 Å². The van der Waals surface area contributed by atoms with E-state index in [1.807, 2.05) is 17.5 Å². The number of nitrogens with one attached hydrogen (secondary N) is 1. The van der Waals surface area contributed by atoms with Gasteiger partial charge in [0.05, 0.1) is 25.7 Å². The first-order valence-corrected chi connectivity index (χ1v) is 7.62. The van der Waals surface area contributed by atoms with Crippen LogP contribution in [0.4, 0.5) is 0 Å². The third-order valence-corrected chi connectivity index (χ3v) is 4.11. The largest absolute Gasteiger partial charge is 0.497 e. The van der Waals surface area contributed by atoms with Crippen molar-refractivity contribution < 1.29 is 14.6 Å². The Kier molecular flexibility index (Phi) is 5.36. The van der Waals surface area contributed by atoms with Crippen molar-refractivity contribution in [2.75, 3.05) is 7.11 Å².